The fourth-order valence-corrected chi connectivity index (χ4v) is 2.89. The molecule has 0 bridgehead atoms. The van der Waals surface area contributed by atoms with Gasteiger partial charge in [0.05, 0.1) is 6.61 Å². The van der Waals surface area contributed by atoms with Gasteiger partial charge in [-0.2, -0.15) is 0 Å². The molecule has 1 unspecified atom stereocenters. The summed E-state index contributed by atoms with van der Waals surface area (Å²) in [5, 5.41) is 0. The molecule has 1 aliphatic rings. The average molecular weight is 238 g/mol. The molecule has 0 amide bonds. The summed E-state index contributed by atoms with van der Waals surface area (Å²) in [4.78, 5) is 0. The largest absolute Gasteiger partial charge is 0.492 e. The highest BCUT2D eigenvalue weighted by Gasteiger charge is 2.29. The van der Waals surface area contributed by atoms with Gasteiger partial charge in [-0.1, -0.05) is 36.4 Å². The first-order valence-corrected chi connectivity index (χ1v) is 6.47. The Labute approximate surface area is 108 Å². The summed E-state index contributed by atoms with van der Waals surface area (Å²) in [5.74, 6) is 1.50. The van der Waals surface area contributed by atoms with Crippen LogP contribution < -0.4 is 4.74 Å². The fourth-order valence-electron chi connectivity index (χ4n) is 2.89. The number of ether oxygens (including phenoxy) is 1. The van der Waals surface area contributed by atoms with E-state index in [0.29, 0.717) is 5.92 Å². The van der Waals surface area contributed by atoms with Crippen LogP contribution in [0.4, 0.5) is 0 Å². The SMILES string of the molecule is Cc1cc(C)c2c(c1C)OCC2c1ccccc1. The fraction of sp³-hybridized carbons (Fsp3) is 0.294. The Kier molecular flexibility index (Phi) is 2.62. The molecule has 3 rings (SSSR count). The van der Waals surface area contributed by atoms with Crippen molar-refractivity contribution in [1.82, 2.24) is 0 Å². The average Bonchev–Trinajstić information content (AvgIpc) is 2.82. The predicted octanol–water partition coefficient (Wildman–Crippen LogP) is 4.14. The van der Waals surface area contributed by atoms with Crippen LogP contribution in [-0.4, -0.2) is 6.61 Å². The lowest BCUT2D eigenvalue weighted by molar-refractivity contribution is 0.341. The molecule has 2 aromatic carbocycles. The Morgan fingerprint density at radius 1 is 1.00 bits per heavy atom. The molecular formula is C17H18O. The lowest BCUT2D eigenvalue weighted by atomic mass is 9.88. The molecule has 2 aromatic rings. The van der Waals surface area contributed by atoms with E-state index in [4.69, 9.17) is 4.74 Å². The molecule has 0 saturated carbocycles. The van der Waals surface area contributed by atoms with Gasteiger partial charge in [-0.05, 0) is 43.0 Å². The summed E-state index contributed by atoms with van der Waals surface area (Å²) in [7, 11) is 0. The van der Waals surface area contributed by atoms with Crippen LogP contribution in [0.1, 0.15) is 33.7 Å². The minimum absolute atomic E-state index is 0.389. The Bertz CT molecular complexity index is 584. The standard InChI is InChI=1S/C17H18O/c1-11-9-12(2)16-15(10-18-17(16)13(11)3)14-7-5-4-6-8-14/h4-9,15H,10H2,1-3H3. The quantitative estimate of drug-likeness (QED) is 0.725. The van der Waals surface area contributed by atoms with E-state index in [2.05, 4.69) is 57.2 Å². The zero-order valence-electron chi connectivity index (χ0n) is 11.2. The van der Waals surface area contributed by atoms with Crippen molar-refractivity contribution >= 4 is 0 Å². The summed E-state index contributed by atoms with van der Waals surface area (Å²) in [6.07, 6.45) is 0. The summed E-state index contributed by atoms with van der Waals surface area (Å²) in [6, 6.07) is 12.9. The van der Waals surface area contributed by atoms with Gasteiger partial charge in [-0.3, -0.25) is 0 Å². The zero-order valence-corrected chi connectivity index (χ0v) is 11.2. The second-order valence-corrected chi connectivity index (χ2v) is 5.15. The lowest BCUT2D eigenvalue weighted by Gasteiger charge is -2.13. The van der Waals surface area contributed by atoms with Crippen LogP contribution in [0.15, 0.2) is 36.4 Å². The Morgan fingerprint density at radius 2 is 1.72 bits per heavy atom. The smallest absolute Gasteiger partial charge is 0.126 e. The summed E-state index contributed by atoms with van der Waals surface area (Å²) >= 11 is 0. The van der Waals surface area contributed by atoms with Crippen LogP contribution in [0.2, 0.25) is 0 Å². The van der Waals surface area contributed by atoms with E-state index in [9.17, 15) is 0 Å². The maximum atomic E-state index is 5.96. The van der Waals surface area contributed by atoms with E-state index in [-0.39, 0.29) is 0 Å². The molecule has 0 saturated heterocycles. The molecule has 0 radical (unpaired) electrons. The Morgan fingerprint density at radius 3 is 2.44 bits per heavy atom. The molecule has 1 atom stereocenters. The first kappa shape index (κ1) is 11.3. The number of aryl methyl sites for hydroxylation is 2. The highest BCUT2D eigenvalue weighted by molar-refractivity contribution is 5.56. The molecule has 0 fully saturated rings. The molecule has 0 aliphatic carbocycles. The van der Waals surface area contributed by atoms with Crippen LogP contribution in [0.25, 0.3) is 0 Å². The van der Waals surface area contributed by atoms with Crippen molar-refractivity contribution in [3.05, 3.63) is 64.2 Å². The molecular weight excluding hydrogens is 220 g/mol. The van der Waals surface area contributed by atoms with E-state index < -0.39 is 0 Å². The highest BCUT2D eigenvalue weighted by Crippen LogP contribution is 2.43. The maximum absolute atomic E-state index is 5.96. The zero-order chi connectivity index (χ0) is 12.7. The topological polar surface area (TPSA) is 9.23 Å². The van der Waals surface area contributed by atoms with E-state index in [1.54, 1.807) is 0 Å². The minimum atomic E-state index is 0.389. The van der Waals surface area contributed by atoms with Crippen LogP contribution >= 0.6 is 0 Å². The minimum Gasteiger partial charge on any atom is -0.492 e. The summed E-state index contributed by atoms with van der Waals surface area (Å²) in [6.45, 7) is 7.27. The van der Waals surface area contributed by atoms with Crippen LogP contribution in [0, 0.1) is 20.8 Å². The Balaban J connectivity index is 2.15. The molecule has 1 heteroatoms. The van der Waals surface area contributed by atoms with Crippen molar-refractivity contribution in [3.63, 3.8) is 0 Å². The second kappa shape index (κ2) is 4.16. The first-order chi connectivity index (χ1) is 8.68. The van der Waals surface area contributed by atoms with E-state index >= 15 is 0 Å². The van der Waals surface area contributed by atoms with Crippen molar-refractivity contribution in [2.75, 3.05) is 6.61 Å². The van der Waals surface area contributed by atoms with E-state index in [1.165, 1.54) is 27.8 Å². The van der Waals surface area contributed by atoms with E-state index in [1.807, 2.05) is 0 Å². The molecule has 1 heterocycles. The maximum Gasteiger partial charge on any atom is 0.126 e. The van der Waals surface area contributed by atoms with Gasteiger partial charge in [0.15, 0.2) is 0 Å². The van der Waals surface area contributed by atoms with Crippen LogP contribution in [0.3, 0.4) is 0 Å². The highest BCUT2D eigenvalue weighted by atomic mass is 16.5. The van der Waals surface area contributed by atoms with Gasteiger partial charge in [0.1, 0.15) is 5.75 Å². The summed E-state index contributed by atoms with van der Waals surface area (Å²) < 4.78 is 5.96. The van der Waals surface area contributed by atoms with Crippen molar-refractivity contribution in [1.29, 1.82) is 0 Å². The van der Waals surface area contributed by atoms with Crippen molar-refractivity contribution in [2.45, 2.75) is 26.7 Å². The predicted molar refractivity (Wildman–Crippen MR) is 74.4 cm³/mol. The van der Waals surface area contributed by atoms with Crippen molar-refractivity contribution in [3.8, 4) is 5.75 Å². The van der Waals surface area contributed by atoms with Gasteiger partial charge in [-0.15, -0.1) is 0 Å². The van der Waals surface area contributed by atoms with Crippen molar-refractivity contribution in [2.24, 2.45) is 0 Å². The Hall–Kier alpha value is -1.76. The summed E-state index contributed by atoms with van der Waals surface area (Å²) in [5.41, 5.74) is 6.68. The van der Waals surface area contributed by atoms with Gasteiger partial charge in [0.2, 0.25) is 0 Å². The lowest BCUT2D eigenvalue weighted by Crippen LogP contribution is -2.03. The third-order valence-corrected chi connectivity index (χ3v) is 3.98. The monoisotopic (exact) mass is 238 g/mol. The third kappa shape index (κ3) is 1.62. The second-order valence-electron chi connectivity index (χ2n) is 5.15. The third-order valence-electron chi connectivity index (χ3n) is 3.98. The molecule has 92 valence electrons. The number of rotatable bonds is 1. The van der Waals surface area contributed by atoms with E-state index in [0.717, 1.165) is 12.4 Å². The molecule has 18 heavy (non-hydrogen) atoms. The van der Waals surface area contributed by atoms with Crippen LogP contribution in [0.5, 0.6) is 5.75 Å². The van der Waals surface area contributed by atoms with Crippen LogP contribution in [-0.2, 0) is 0 Å². The van der Waals surface area contributed by atoms with Gasteiger partial charge < -0.3 is 4.74 Å². The number of hydrogen-bond acceptors (Lipinski definition) is 1. The van der Waals surface area contributed by atoms with Gasteiger partial charge in [-0.25, -0.2) is 0 Å². The van der Waals surface area contributed by atoms with Gasteiger partial charge in [0, 0.05) is 11.5 Å². The molecule has 0 N–H and O–H groups in total. The number of hydrogen-bond donors (Lipinski definition) is 0. The number of fused-ring (bicyclic) bond motifs is 1. The first-order valence-electron chi connectivity index (χ1n) is 6.47. The van der Waals surface area contributed by atoms with Gasteiger partial charge in [0.25, 0.3) is 0 Å². The molecule has 1 nitrogen and oxygen atoms in total. The molecule has 0 spiro atoms. The van der Waals surface area contributed by atoms with Crippen molar-refractivity contribution < 1.29 is 4.74 Å². The molecule has 1 aliphatic heterocycles. The number of benzene rings is 2. The van der Waals surface area contributed by atoms with Gasteiger partial charge >= 0.3 is 0 Å². The molecule has 0 aromatic heterocycles. The normalized spacial score (nSPS) is 17.4.